The maximum absolute atomic E-state index is 12.7. The number of furan rings is 1. The van der Waals surface area contributed by atoms with Crippen molar-refractivity contribution in [1.29, 1.82) is 0 Å². The summed E-state index contributed by atoms with van der Waals surface area (Å²) < 4.78 is 29.6. The number of pyridine rings is 1. The fourth-order valence-corrected chi connectivity index (χ4v) is 5.38. The average molecular weight is 552 g/mol. The predicted octanol–water partition coefficient (Wildman–Crippen LogP) is 3.19. The number of piperidine rings is 1. The van der Waals surface area contributed by atoms with E-state index in [1.54, 1.807) is 12.3 Å². The summed E-state index contributed by atoms with van der Waals surface area (Å²) in [6.07, 6.45) is 6.07. The molecule has 0 radical (unpaired) electrons. The summed E-state index contributed by atoms with van der Waals surface area (Å²) in [6.45, 7) is 4.23. The number of benzene rings is 1. The molecular formula is C29H33N3O6S. The standard InChI is InChI=1S/C29H33N3O6S/c1-29(28(34)30-35,39(2,36)37)15-19-32-18-14-24(20-27(32)33)23-9-6-22(7-10-23)8-11-25-12-13-26(38-25)21-31-16-4-3-5-17-31/h6-7,9-10,12-14,18,20,35H,3-5,15-17,19,21H2,1-2H3,(H,30,34). The van der Waals surface area contributed by atoms with E-state index in [0.717, 1.165) is 42.8 Å². The Morgan fingerprint density at radius 1 is 1.05 bits per heavy atom. The molecule has 1 fully saturated rings. The van der Waals surface area contributed by atoms with Gasteiger partial charge < -0.3 is 8.98 Å². The van der Waals surface area contributed by atoms with Gasteiger partial charge in [-0.15, -0.1) is 0 Å². The summed E-state index contributed by atoms with van der Waals surface area (Å²) in [7, 11) is -3.85. The fraction of sp³-hybridized carbons (Fsp3) is 0.379. The second-order valence-electron chi connectivity index (χ2n) is 10.1. The number of hydroxylamine groups is 1. The topological polar surface area (TPSA) is 122 Å². The second kappa shape index (κ2) is 12.0. The van der Waals surface area contributed by atoms with E-state index < -0.39 is 20.5 Å². The van der Waals surface area contributed by atoms with Gasteiger partial charge in [-0.2, -0.15) is 0 Å². The van der Waals surface area contributed by atoms with Gasteiger partial charge in [-0.25, -0.2) is 13.9 Å². The van der Waals surface area contributed by atoms with E-state index in [4.69, 9.17) is 9.62 Å². The van der Waals surface area contributed by atoms with Crippen LogP contribution in [-0.4, -0.2) is 53.1 Å². The van der Waals surface area contributed by atoms with Crippen molar-refractivity contribution in [3.63, 3.8) is 0 Å². The summed E-state index contributed by atoms with van der Waals surface area (Å²) in [4.78, 5) is 27.1. The molecule has 4 rings (SSSR count). The summed E-state index contributed by atoms with van der Waals surface area (Å²) >= 11 is 0. The Labute approximate surface area is 228 Å². The number of amides is 1. The van der Waals surface area contributed by atoms with E-state index in [1.165, 1.54) is 42.3 Å². The lowest BCUT2D eigenvalue weighted by atomic mass is 10.0. The molecule has 0 saturated carbocycles. The first kappa shape index (κ1) is 28.4. The van der Waals surface area contributed by atoms with Crippen molar-refractivity contribution in [2.24, 2.45) is 0 Å². The number of rotatable bonds is 8. The van der Waals surface area contributed by atoms with Gasteiger partial charge >= 0.3 is 0 Å². The molecule has 10 heteroatoms. The van der Waals surface area contributed by atoms with Crippen LogP contribution in [0.3, 0.4) is 0 Å². The molecule has 1 aromatic carbocycles. The van der Waals surface area contributed by atoms with Crippen molar-refractivity contribution >= 4 is 15.7 Å². The second-order valence-corrected chi connectivity index (χ2v) is 12.5. The first-order valence-electron chi connectivity index (χ1n) is 12.9. The molecule has 39 heavy (non-hydrogen) atoms. The first-order chi connectivity index (χ1) is 18.6. The fourth-order valence-electron chi connectivity index (χ4n) is 4.54. The molecule has 1 saturated heterocycles. The molecule has 1 aliphatic rings. The molecule has 206 valence electrons. The highest BCUT2D eigenvalue weighted by Crippen LogP contribution is 2.23. The number of carbonyl (C=O) groups excluding carboxylic acids is 1. The van der Waals surface area contributed by atoms with E-state index in [2.05, 4.69) is 16.7 Å². The van der Waals surface area contributed by atoms with Gasteiger partial charge in [0.1, 0.15) is 5.76 Å². The molecule has 0 spiro atoms. The highest BCUT2D eigenvalue weighted by Gasteiger charge is 2.43. The maximum atomic E-state index is 12.7. The largest absolute Gasteiger partial charge is 0.451 e. The van der Waals surface area contributed by atoms with E-state index in [0.29, 0.717) is 11.3 Å². The number of carbonyl (C=O) groups is 1. The van der Waals surface area contributed by atoms with Crippen LogP contribution in [0.15, 0.2) is 63.9 Å². The molecule has 1 atom stereocenters. The molecule has 0 aliphatic carbocycles. The third-order valence-corrected chi connectivity index (χ3v) is 9.29. The molecule has 9 nitrogen and oxygen atoms in total. The normalized spacial score (nSPS) is 15.7. The highest BCUT2D eigenvalue weighted by atomic mass is 32.2. The van der Waals surface area contributed by atoms with Crippen LogP contribution in [0.1, 0.15) is 49.7 Å². The number of hydrogen-bond donors (Lipinski definition) is 2. The van der Waals surface area contributed by atoms with E-state index in [-0.39, 0.29) is 18.5 Å². The molecule has 3 aromatic rings. The Hall–Kier alpha value is -3.65. The smallest absolute Gasteiger partial charge is 0.264 e. The number of likely N-dealkylation sites (tertiary alicyclic amines) is 1. The van der Waals surface area contributed by atoms with Gasteiger partial charge in [-0.05, 0) is 86.7 Å². The number of nitrogens with one attached hydrogen (secondary N) is 1. The summed E-state index contributed by atoms with van der Waals surface area (Å²) in [6, 6.07) is 14.6. The maximum Gasteiger partial charge on any atom is 0.264 e. The average Bonchev–Trinajstić information content (AvgIpc) is 3.37. The van der Waals surface area contributed by atoms with E-state index in [9.17, 15) is 18.0 Å². The van der Waals surface area contributed by atoms with Gasteiger partial charge in [0, 0.05) is 30.6 Å². The number of hydrogen-bond acceptors (Lipinski definition) is 7. The molecule has 1 aliphatic heterocycles. The first-order valence-corrected chi connectivity index (χ1v) is 14.8. The monoisotopic (exact) mass is 551 g/mol. The SMILES string of the molecule is CC(CCn1ccc(-c2ccc(C#Cc3ccc(CN4CCCCC4)o3)cc2)cc1=O)(C(=O)NO)S(C)(=O)=O. The lowest BCUT2D eigenvalue weighted by molar-refractivity contribution is -0.131. The number of aryl methyl sites for hydroxylation is 1. The number of aromatic nitrogens is 1. The molecular weight excluding hydrogens is 518 g/mol. The van der Waals surface area contributed by atoms with Crippen LogP contribution in [0.4, 0.5) is 0 Å². The Balaban J connectivity index is 1.40. The molecule has 1 amide bonds. The Morgan fingerprint density at radius 2 is 1.77 bits per heavy atom. The number of nitrogens with zero attached hydrogens (tertiary/aromatic N) is 2. The van der Waals surface area contributed by atoms with Crippen LogP contribution in [0.5, 0.6) is 0 Å². The van der Waals surface area contributed by atoms with Crippen molar-refractivity contribution in [3.05, 3.63) is 82.2 Å². The third kappa shape index (κ3) is 6.87. The van der Waals surface area contributed by atoms with E-state index >= 15 is 0 Å². The zero-order valence-corrected chi connectivity index (χ0v) is 23.0. The van der Waals surface area contributed by atoms with Crippen LogP contribution in [0.2, 0.25) is 0 Å². The van der Waals surface area contributed by atoms with Crippen LogP contribution in [0, 0.1) is 11.8 Å². The van der Waals surface area contributed by atoms with Gasteiger partial charge in [0.25, 0.3) is 11.5 Å². The van der Waals surface area contributed by atoms with Crippen molar-refractivity contribution in [2.75, 3.05) is 19.3 Å². The summed E-state index contributed by atoms with van der Waals surface area (Å²) in [5.74, 6) is 6.68. The Morgan fingerprint density at radius 3 is 2.41 bits per heavy atom. The minimum Gasteiger partial charge on any atom is -0.451 e. The van der Waals surface area contributed by atoms with Gasteiger partial charge in [0.2, 0.25) is 0 Å². The van der Waals surface area contributed by atoms with Crippen LogP contribution in [-0.2, 0) is 27.7 Å². The third-order valence-electron chi connectivity index (χ3n) is 7.26. The Bertz CT molecular complexity index is 1540. The van der Waals surface area contributed by atoms with Gasteiger partial charge in [0.05, 0.1) is 6.54 Å². The quantitative estimate of drug-likeness (QED) is 0.251. The highest BCUT2D eigenvalue weighted by molar-refractivity contribution is 7.92. The lowest BCUT2D eigenvalue weighted by Gasteiger charge is -2.25. The molecule has 3 heterocycles. The molecule has 0 bridgehead atoms. The van der Waals surface area contributed by atoms with Gasteiger partial charge in [0.15, 0.2) is 20.3 Å². The zero-order chi connectivity index (χ0) is 28.0. The lowest BCUT2D eigenvalue weighted by Crippen LogP contribution is -2.49. The van der Waals surface area contributed by atoms with Crippen LogP contribution in [0.25, 0.3) is 11.1 Å². The number of sulfone groups is 1. The van der Waals surface area contributed by atoms with Crippen LogP contribution >= 0.6 is 0 Å². The molecule has 2 N–H and O–H groups in total. The van der Waals surface area contributed by atoms with Crippen molar-refractivity contribution in [2.45, 2.75) is 50.4 Å². The van der Waals surface area contributed by atoms with Crippen molar-refractivity contribution in [1.82, 2.24) is 14.9 Å². The van der Waals surface area contributed by atoms with Gasteiger partial charge in [-0.1, -0.05) is 24.5 Å². The van der Waals surface area contributed by atoms with Gasteiger partial charge in [-0.3, -0.25) is 19.7 Å². The van der Waals surface area contributed by atoms with Crippen LogP contribution < -0.4 is 11.0 Å². The summed E-state index contributed by atoms with van der Waals surface area (Å²) in [5.41, 5.74) is 3.40. The summed E-state index contributed by atoms with van der Waals surface area (Å²) in [5, 5.41) is 8.97. The zero-order valence-electron chi connectivity index (χ0n) is 22.1. The molecule has 1 unspecified atom stereocenters. The van der Waals surface area contributed by atoms with Crippen molar-refractivity contribution in [3.8, 4) is 23.0 Å². The van der Waals surface area contributed by atoms with E-state index in [1.807, 2.05) is 36.4 Å². The Kier molecular flexibility index (Phi) is 8.75. The minimum atomic E-state index is -3.85. The minimum absolute atomic E-state index is 0.0167. The molecule has 2 aromatic heterocycles. The van der Waals surface area contributed by atoms with Crippen molar-refractivity contribution < 1.29 is 22.8 Å². The predicted molar refractivity (Wildman–Crippen MR) is 148 cm³/mol.